The number of hydrogen-bond donors (Lipinski definition) is 0. The molecule has 0 spiro atoms. The van der Waals surface area contributed by atoms with Gasteiger partial charge in [0.15, 0.2) is 0 Å². The quantitative estimate of drug-likeness (QED) is 0.393. The molecule has 0 saturated carbocycles. The summed E-state index contributed by atoms with van der Waals surface area (Å²) in [5.74, 6) is -0.655. The molecule has 1 aromatic carbocycles. The number of benzene rings is 1. The minimum atomic E-state index is -1.62. The van der Waals surface area contributed by atoms with E-state index >= 15 is 0 Å². The van der Waals surface area contributed by atoms with Crippen molar-refractivity contribution in [3.63, 3.8) is 0 Å². The summed E-state index contributed by atoms with van der Waals surface area (Å²) in [7, 11) is 3.22. The van der Waals surface area contributed by atoms with Crippen LogP contribution in [0, 0.1) is 0 Å². The molecule has 0 aliphatic heterocycles. The summed E-state index contributed by atoms with van der Waals surface area (Å²) in [5.41, 5.74) is -0.971. The predicted molar refractivity (Wildman–Crippen MR) is 92.2 cm³/mol. The highest BCUT2D eigenvalue weighted by molar-refractivity contribution is 6.08. The fourth-order valence-electron chi connectivity index (χ4n) is 2.40. The van der Waals surface area contributed by atoms with Gasteiger partial charge in [-0.05, 0) is 38.1 Å². The molecule has 1 aromatic rings. The van der Waals surface area contributed by atoms with Gasteiger partial charge in [-0.15, -0.1) is 6.58 Å². The lowest BCUT2D eigenvalue weighted by Crippen LogP contribution is -2.60. The molecule has 0 aromatic heterocycles. The summed E-state index contributed by atoms with van der Waals surface area (Å²) in [6, 6.07) is 7.02. The fourth-order valence-corrected chi connectivity index (χ4v) is 2.40. The van der Waals surface area contributed by atoms with Crippen molar-refractivity contribution in [3.05, 3.63) is 36.9 Å². The van der Waals surface area contributed by atoms with Crippen molar-refractivity contribution in [1.82, 2.24) is 0 Å². The Labute approximate surface area is 143 Å². The van der Waals surface area contributed by atoms with Gasteiger partial charge in [0.25, 0.3) is 0 Å². The normalized spacial score (nSPS) is 10.7. The van der Waals surface area contributed by atoms with E-state index in [0.29, 0.717) is 11.4 Å². The lowest BCUT2D eigenvalue weighted by Gasteiger charge is -2.38. The summed E-state index contributed by atoms with van der Waals surface area (Å²) in [6.45, 7) is 7.37. The number of esters is 2. The molecule has 0 aliphatic carbocycles. The van der Waals surface area contributed by atoms with Crippen LogP contribution < -0.4 is 9.64 Å². The van der Waals surface area contributed by atoms with Crippen LogP contribution in [0.1, 0.15) is 20.3 Å². The Hall–Kier alpha value is -2.50. The van der Waals surface area contributed by atoms with Crippen LogP contribution in [0.15, 0.2) is 36.9 Å². The molecule has 0 radical (unpaired) electrons. The van der Waals surface area contributed by atoms with E-state index in [2.05, 4.69) is 6.58 Å². The maximum absolute atomic E-state index is 12.7. The molecule has 0 N–H and O–H groups in total. The molecular formula is C18H25NO5. The van der Waals surface area contributed by atoms with Crippen LogP contribution in [-0.2, 0) is 19.1 Å². The van der Waals surface area contributed by atoms with Gasteiger partial charge in [-0.3, -0.25) is 0 Å². The summed E-state index contributed by atoms with van der Waals surface area (Å²) in [4.78, 5) is 26.9. The zero-order valence-electron chi connectivity index (χ0n) is 14.7. The second-order valence-corrected chi connectivity index (χ2v) is 5.05. The van der Waals surface area contributed by atoms with Crippen molar-refractivity contribution >= 4 is 17.6 Å². The van der Waals surface area contributed by atoms with Gasteiger partial charge < -0.3 is 19.1 Å². The predicted octanol–water partition coefficient (Wildman–Crippen LogP) is 2.57. The Balaban J connectivity index is 3.37. The molecular weight excluding hydrogens is 310 g/mol. The Bertz CT molecular complexity index is 549. The van der Waals surface area contributed by atoms with Gasteiger partial charge in [0.2, 0.25) is 5.54 Å². The molecule has 0 fully saturated rings. The number of carbonyl (C=O) groups is 2. The molecule has 6 heteroatoms. The van der Waals surface area contributed by atoms with Crippen LogP contribution in [-0.4, -0.2) is 44.8 Å². The first-order chi connectivity index (χ1) is 11.5. The largest absolute Gasteiger partial charge is 0.497 e. The second-order valence-electron chi connectivity index (χ2n) is 5.05. The van der Waals surface area contributed by atoms with Crippen LogP contribution in [0.2, 0.25) is 0 Å². The molecule has 0 saturated heterocycles. The van der Waals surface area contributed by atoms with E-state index in [4.69, 9.17) is 14.2 Å². The first kappa shape index (κ1) is 19.5. The number of likely N-dealkylation sites (N-methyl/N-ethyl adjacent to an activating group) is 1. The molecule has 132 valence electrons. The number of methoxy groups -OCH3 is 1. The number of rotatable bonds is 9. The molecule has 24 heavy (non-hydrogen) atoms. The topological polar surface area (TPSA) is 65.1 Å². The Kier molecular flexibility index (Phi) is 7.30. The zero-order chi connectivity index (χ0) is 18.2. The lowest BCUT2D eigenvalue weighted by atomic mass is 9.92. The number of hydrogen-bond acceptors (Lipinski definition) is 6. The van der Waals surface area contributed by atoms with Gasteiger partial charge in [-0.25, -0.2) is 9.59 Å². The summed E-state index contributed by atoms with van der Waals surface area (Å²) >= 11 is 0. The minimum Gasteiger partial charge on any atom is -0.497 e. The second kappa shape index (κ2) is 8.96. The van der Waals surface area contributed by atoms with Gasteiger partial charge in [-0.1, -0.05) is 6.08 Å². The van der Waals surface area contributed by atoms with Gasteiger partial charge >= 0.3 is 11.9 Å². The van der Waals surface area contributed by atoms with Crippen molar-refractivity contribution in [3.8, 4) is 5.75 Å². The average molecular weight is 335 g/mol. The summed E-state index contributed by atoms with van der Waals surface area (Å²) < 4.78 is 15.5. The van der Waals surface area contributed by atoms with E-state index in [1.54, 1.807) is 57.2 Å². The van der Waals surface area contributed by atoms with Crippen molar-refractivity contribution < 1.29 is 23.8 Å². The first-order valence-electron chi connectivity index (χ1n) is 7.81. The van der Waals surface area contributed by atoms with E-state index in [9.17, 15) is 9.59 Å². The Morgan fingerprint density at radius 1 is 1.12 bits per heavy atom. The molecule has 0 heterocycles. The molecule has 1 rings (SSSR count). The van der Waals surface area contributed by atoms with Crippen LogP contribution >= 0.6 is 0 Å². The molecule has 6 nitrogen and oxygen atoms in total. The maximum Gasteiger partial charge on any atom is 0.344 e. The fraction of sp³-hybridized carbons (Fsp3) is 0.444. The van der Waals surface area contributed by atoms with Gasteiger partial charge in [0.1, 0.15) is 5.75 Å². The number of nitrogens with zero attached hydrogens (tertiary/aromatic N) is 1. The van der Waals surface area contributed by atoms with Crippen molar-refractivity contribution in [2.75, 3.05) is 32.3 Å². The molecule has 0 aliphatic rings. The van der Waals surface area contributed by atoms with E-state index < -0.39 is 17.5 Å². The van der Waals surface area contributed by atoms with Gasteiger partial charge in [0, 0.05) is 19.2 Å². The summed E-state index contributed by atoms with van der Waals surface area (Å²) in [6.07, 6.45) is 1.57. The molecule has 0 atom stereocenters. The third-order valence-corrected chi connectivity index (χ3v) is 3.70. The van der Waals surface area contributed by atoms with Crippen molar-refractivity contribution in [2.45, 2.75) is 25.8 Å². The first-order valence-corrected chi connectivity index (χ1v) is 7.81. The third-order valence-electron chi connectivity index (χ3n) is 3.70. The summed E-state index contributed by atoms with van der Waals surface area (Å²) in [5, 5.41) is 0. The van der Waals surface area contributed by atoms with Crippen LogP contribution in [0.4, 0.5) is 5.69 Å². The zero-order valence-corrected chi connectivity index (χ0v) is 14.7. The molecule has 0 bridgehead atoms. The highest BCUT2D eigenvalue weighted by Gasteiger charge is 2.52. The highest BCUT2D eigenvalue weighted by atomic mass is 16.6. The van der Waals surface area contributed by atoms with E-state index in [1.165, 1.54) is 6.08 Å². The van der Waals surface area contributed by atoms with Gasteiger partial charge in [0.05, 0.1) is 20.3 Å². The van der Waals surface area contributed by atoms with E-state index in [0.717, 1.165) is 0 Å². The third kappa shape index (κ3) is 3.88. The van der Waals surface area contributed by atoms with E-state index in [1.807, 2.05) is 0 Å². The standard InChI is InChI=1S/C18H25NO5/c1-6-13-18(16(20)23-7-2,17(21)24-8-3)19(4)14-9-11-15(22-5)12-10-14/h6,9-12H,1,7-8,13H2,2-5H3. The molecule has 0 unspecified atom stereocenters. The number of anilines is 1. The smallest absolute Gasteiger partial charge is 0.344 e. The lowest BCUT2D eigenvalue weighted by molar-refractivity contribution is -0.163. The van der Waals surface area contributed by atoms with Crippen molar-refractivity contribution in [2.24, 2.45) is 0 Å². The SMILES string of the molecule is C=CCC(C(=O)OCC)(C(=O)OCC)N(C)c1ccc(OC)cc1. The van der Waals surface area contributed by atoms with Crippen LogP contribution in [0.5, 0.6) is 5.75 Å². The monoisotopic (exact) mass is 335 g/mol. The van der Waals surface area contributed by atoms with Crippen LogP contribution in [0.3, 0.4) is 0 Å². The minimum absolute atomic E-state index is 0.0627. The highest BCUT2D eigenvalue weighted by Crippen LogP contribution is 2.30. The maximum atomic E-state index is 12.7. The van der Waals surface area contributed by atoms with Gasteiger partial charge in [-0.2, -0.15) is 0 Å². The Morgan fingerprint density at radius 2 is 1.62 bits per heavy atom. The van der Waals surface area contributed by atoms with Crippen LogP contribution in [0.25, 0.3) is 0 Å². The number of carbonyl (C=O) groups excluding carboxylic acids is 2. The average Bonchev–Trinajstić information content (AvgIpc) is 2.59. The van der Waals surface area contributed by atoms with E-state index in [-0.39, 0.29) is 19.6 Å². The number of ether oxygens (including phenoxy) is 3. The Morgan fingerprint density at radius 3 is 2.00 bits per heavy atom. The van der Waals surface area contributed by atoms with Crippen molar-refractivity contribution in [1.29, 1.82) is 0 Å². The molecule has 0 amide bonds.